The first-order valence-electron chi connectivity index (χ1n) is 5.08. The molecule has 0 aromatic heterocycles. The van der Waals surface area contributed by atoms with E-state index in [0.717, 1.165) is 0 Å². The number of nitrogens with zero attached hydrogens (tertiary/aromatic N) is 1. The maximum atomic E-state index is 11.1. The summed E-state index contributed by atoms with van der Waals surface area (Å²) in [5, 5.41) is 9.14. The van der Waals surface area contributed by atoms with Gasteiger partial charge in [-0.05, 0) is 13.0 Å². The van der Waals surface area contributed by atoms with Gasteiger partial charge >= 0.3 is 12.1 Å². The first-order valence-corrected chi connectivity index (χ1v) is 5.08. The monoisotopic (exact) mass is 231 g/mol. The van der Waals surface area contributed by atoms with E-state index in [2.05, 4.69) is 6.58 Å². The average molecular weight is 231 g/mol. The van der Waals surface area contributed by atoms with Crippen LogP contribution < -0.4 is 5.73 Å². The van der Waals surface area contributed by atoms with Gasteiger partial charge in [-0.15, -0.1) is 0 Å². The Morgan fingerprint density at radius 3 is 2.56 bits per heavy atom. The van der Waals surface area contributed by atoms with Gasteiger partial charge in [0, 0.05) is 0 Å². The number of nitrogens with two attached hydrogens (primary N) is 1. The summed E-state index contributed by atoms with van der Waals surface area (Å²) in [5.41, 5.74) is 5.06. The predicted molar refractivity (Wildman–Crippen MR) is 58.8 cm³/mol. The molecule has 6 nitrogen and oxygen atoms in total. The Morgan fingerprint density at radius 1 is 1.56 bits per heavy atom. The predicted octanol–water partition coefficient (Wildman–Crippen LogP) is 0.189. The fraction of sp³-hybridized carbons (Fsp3) is 0.600. The summed E-state index contributed by atoms with van der Waals surface area (Å²) in [5.74, 6) is -0.529. The summed E-state index contributed by atoms with van der Waals surface area (Å²) in [4.78, 5) is 21.9. The van der Waals surface area contributed by atoms with Crippen LogP contribution in [0.3, 0.4) is 0 Å². The van der Waals surface area contributed by atoms with Crippen molar-refractivity contribution in [2.45, 2.75) is 6.92 Å². The highest BCUT2D eigenvalue weighted by Crippen LogP contribution is 2.07. The maximum Gasteiger partial charge on any atom is 0.513 e. The van der Waals surface area contributed by atoms with E-state index in [1.165, 1.54) is 0 Å². The molecule has 0 aliphatic rings. The number of amides is 1. The summed E-state index contributed by atoms with van der Waals surface area (Å²) in [6.45, 7) is 6.06. The number of carboxylic acid groups (broad SMARTS) is 1. The van der Waals surface area contributed by atoms with Gasteiger partial charge < -0.3 is 15.6 Å². The number of rotatable bonds is 7. The molecule has 1 unspecified atom stereocenters. The van der Waals surface area contributed by atoms with Crippen molar-refractivity contribution in [1.29, 1.82) is 0 Å². The third kappa shape index (κ3) is 4.00. The van der Waals surface area contributed by atoms with E-state index in [9.17, 15) is 9.59 Å². The molecule has 0 aromatic rings. The van der Waals surface area contributed by atoms with E-state index in [0.29, 0.717) is 13.1 Å². The van der Waals surface area contributed by atoms with Crippen molar-refractivity contribution in [2.24, 2.45) is 5.73 Å². The largest absolute Gasteiger partial charge is 0.513 e. The second-order valence-corrected chi connectivity index (χ2v) is 3.36. The highest BCUT2D eigenvalue weighted by molar-refractivity contribution is 5.71. The lowest BCUT2D eigenvalue weighted by molar-refractivity contribution is -0.850. The zero-order chi connectivity index (χ0) is 12.6. The quantitative estimate of drug-likeness (QED) is 0.371. The summed E-state index contributed by atoms with van der Waals surface area (Å²) < 4.78 is 4.57. The van der Waals surface area contributed by atoms with Crippen LogP contribution in [-0.2, 0) is 9.53 Å². The number of carbonyl (C=O) groups is 2. The third-order valence-corrected chi connectivity index (χ3v) is 2.44. The molecule has 0 spiro atoms. The third-order valence-electron chi connectivity index (χ3n) is 2.44. The Morgan fingerprint density at radius 2 is 2.19 bits per heavy atom. The molecule has 0 saturated heterocycles. The Balaban J connectivity index is 4.37. The standard InChI is InChI=1S/C10H18N2O4/c1-3-5-12(4-2,10(14)15)6-7-16-9(13)8-11/h3H,1,4-8,11H2,2H3/p+1. The molecule has 16 heavy (non-hydrogen) atoms. The number of esters is 1. The van der Waals surface area contributed by atoms with Crippen molar-refractivity contribution in [3.05, 3.63) is 12.7 Å². The van der Waals surface area contributed by atoms with E-state index in [4.69, 9.17) is 15.6 Å². The minimum absolute atomic E-state index is 0.0456. The van der Waals surface area contributed by atoms with Gasteiger partial charge in [-0.1, -0.05) is 6.58 Å². The van der Waals surface area contributed by atoms with Gasteiger partial charge in [-0.3, -0.25) is 4.79 Å². The van der Waals surface area contributed by atoms with Crippen LogP contribution in [0.1, 0.15) is 6.92 Å². The van der Waals surface area contributed by atoms with Gasteiger partial charge in [0.05, 0.1) is 13.1 Å². The van der Waals surface area contributed by atoms with Gasteiger partial charge in [-0.25, -0.2) is 4.48 Å². The zero-order valence-corrected chi connectivity index (χ0v) is 9.52. The lowest BCUT2D eigenvalue weighted by Crippen LogP contribution is -2.54. The highest BCUT2D eigenvalue weighted by atomic mass is 16.5. The molecule has 92 valence electrons. The van der Waals surface area contributed by atoms with Crippen molar-refractivity contribution in [3.63, 3.8) is 0 Å². The van der Waals surface area contributed by atoms with Crippen LogP contribution in [-0.4, -0.2) is 54.4 Å². The first-order chi connectivity index (χ1) is 7.52. The van der Waals surface area contributed by atoms with Crippen LogP contribution >= 0.6 is 0 Å². The summed E-state index contributed by atoms with van der Waals surface area (Å²) in [6, 6.07) is 0. The molecule has 0 heterocycles. The minimum atomic E-state index is -0.953. The van der Waals surface area contributed by atoms with E-state index in [1.807, 2.05) is 0 Å². The Bertz CT molecular complexity index is 268. The molecule has 1 amide bonds. The molecule has 0 aromatic carbocycles. The Kier molecular flexibility index (Phi) is 6.36. The van der Waals surface area contributed by atoms with Crippen LogP contribution in [0.4, 0.5) is 4.79 Å². The van der Waals surface area contributed by atoms with Crippen molar-refractivity contribution >= 4 is 12.1 Å². The van der Waals surface area contributed by atoms with Crippen molar-refractivity contribution in [2.75, 3.05) is 32.8 Å². The van der Waals surface area contributed by atoms with E-state index >= 15 is 0 Å². The Hall–Kier alpha value is -1.40. The topological polar surface area (TPSA) is 89.6 Å². The fourth-order valence-corrected chi connectivity index (χ4v) is 1.33. The van der Waals surface area contributed by atoms with Crippen LogP contribution in [0.5, 0.6) is 0 Å². The van der Waals surface area contributed by atoms with Crippen LogP contribution in [0.15, 0.2) is 12.7 Å². The molecule has 0 fully saturated rings. The molecular formula is C10H19N2O4+. The minimum Gasteiger partial charge on any atom is -0.459 e. The van der Waals surface area contributed by atoms with Gasteiger partial charge in [0.1, 0.15) is 19.7 Å². The smallest absolute Gasteiger partial charge is 0.459 e. The fourth-order valence-electron chi connectivity index (χ4n) is 1.33. The molecule has 1 atom stereocenters. The van der Waals surface area contributed by atoms with Gasteiger partial charge in [0.2, 0.25) is 0 Å². The van der Waals surface area contributed by atoms with Gasteiger partial charge in [0.25, 0.3) is 0 Å². The van der Waals surface area contributed by atoms with Crippen molar-refractivity contribution in [3.8, 4) is 0 Å². The van der Waals surface area contributed by atoms with Gasteiger partial charge in [-0.2, -0.15) is 4.79 Å². The summed E-state index contributed by atoms with van der Waals surface area (Å²) >= 11 is 0. The van der Waals surface area contributed by atoms with E-state index < -0.39 is 12.1 Å². The normalized spacial score (nSPS) is 13.9. The van der Waals surface area contributed by atoms with Crippen LogP contribution in [0, 0.1) is 0 Å². The molecule has 0 aliphatic carbocycles. The summed E-state index contributed by atoms with van der Waals surface area (Å²) in [6.07, 6.45) is 0.591. The highest BCUT2D eigenvalue weighted by Gasteiger charge is 2.33. The second kappa shape index (κ2) is 6.97. The zero-order valence-electron chi connectivity index (χ0n) is 9.52. The number of ether oxygens (including phenoxy) is 1. The average Bonchev–Trinajstić information content (AvgIpc) is 2.27. The Labute approximate surface area is 94.9 Å². The van der Waals surface area contributed by atoms with Crippen molar-refractivity contribution in [1.82, 2.24) is 0 Å². The number of likely N-dealkylation sites (N-methyl/N-ethyl adjacent to an activating group) is 1. The first kappa shape index (κ1) is 14.6. The second-order valence-electron chi connectivity index (χ2n) is 3.36. The SMILES string of the molecule is C=CC[N+](CC)(CCOC(=O)CN)C(=O)O. The van der Waals surface area contributed by atoms with E-state index in [-0.39, 0.29) is 24.2 Å². The maximum absolute atomic E-state index is 11.1. The van der Waals surface area contributed by atoms with Crippen molar-refractivity contribution < 1.29 is 23.9 Å². The molecule has 0 saturated carbocycles. The molecular weight excluding hydrogens is 212 g/mol. The number of carbonyl (C=O) groups excluding carboxylic acids is 1. The summed E-state index contributed by atoms with van der Waals surface area (Å²) in [7, 11) is 0. The number of hydrogen-bond donors (Lipinski definition) is 2. The van der Waals surface area contributed by atoms with Crippen LogP contribution in [0.25, 0.3) is 0 Å². The van der Waals surface area contributed by atoms with Crippen LogP contribution in [0.2, 0.25) is 0 Å². The molecule has 0 aliphatic heterocycles. The number of quaternary nitrogens is 1. The lowest BCUT2D eigenvalue weighted by atomic mass is 10.3. The molecule has 0 radical (unpaired) electrons. The molecule has 0 rings (SSSR count). The lowest BCUT2D eigenvalue weighted by Gasteiger charge is -2.29. The molecule has 0 bridgehead atoms. The molecule has 3 N–H and O–H groups in total. The van der Waals surface area contributed by atoms with E-state index in [1.54, 1.807) is 13.0 Å². The molecule has 6 heteroatoms. The number of hydrogen-bond acceptors (Lipinski definition) is 4. The van der Waals surface area contributed by atoms with Gasteiger partial charge in [0.15, 0.2) is 0 Å².